The van der Waals surface area contributed by atoms with Crippen LogP contribution in [0, 0.1) is 0 Å². The number of aliphatic hydroxyl groups excluding tert-OH is 1. The van der Waals surface area contributed by atoms with Crippen LogP contribution >= 0.6 is 0 Å². The van der Waals surface area contributed by atoms with E-state index in [1.807, 2.05) is 0 Å². The van der Waals surface area contributed by atoms with Crippen molar-refractivity contribution in [1.29, 1.82) is 0 Å². The molecule has 0 radical (unpaired) electrons. The van der Waals surface area contributed by atoms with Gasteiger partial charge in [0.1, 0.15) is 0 Å². The summed E-state index contributed by atoms with van der Waals surface area (Å²) in [6.07, 6.45) is 2.38. The third kappa shape index (κ3) is 7.33. The predicted molar refractivity (Wildman–Crippen MR) is 79.9 cm³/mol. The van der Waals surface area contributed by atoms with Crippen molar-refractivity contribution in [3.63, 3.8) is 0 Å². The summed E-state index contributed by atoms with van der Waals surface area (Å²) in [5, 5.41) is 14.9. The Kier molecular flexibility index (Phi) is 8.70. The van der Waals surface area contributed by atoms with Gasteiger partial charge in [0.05, 0.1) is 6.10 Å². The molecule has 110 valence electrons. The number of carbonyl (C=O) groups is 2. The molecule has 5 nitrogen and oxygen atoms in total. The van der Waals surface area contributed by atoms with E-state index in [0.29, 0.717) is 13.1 Å². The maximum absolute atomic E-state index is 11.5. The highest BCUT2D eigenvalue weighted by Crippen LogP contribution is 2.11. The Hall–Kier alpha value is -2.14. The van der Waals surface area contributed by atoms with Crippen molar-refractivity contribution < 1.29 is 14.7 Å². The minimum atomic E-state index is -0.876. The van der Waals surface area contributed by atoms with Gasteiger partial charge in [0.2, 0.25) is 11.8 Å². The Balaban J connectivity index is 4.17. The van der Waals surface area contributed by atoms with Gasteiger partial charge in [0, 0.05) is 37.1 Å². The maximum atomic E-state index is 11.5. The van der Waals surface area contributed by atoms with Gasteiger partial charge in [-0.25, -0.2) is 0 Å². The molecular formula is C15H22N2O3. The summed E-state index contributed by atoms with van der Waals surface area (Å²) in [5.74, 6) is -0.684. The number of amides is 2. The van der Waals surface area contributed by atoms with Crippen LogP contribution < -0.4 is 10.6 Å². The summed E-state index contributed by atoms with van der Waals surface area (Å²) in [7, 11) is 0. The lowest BCUT2D eigenvalue weighted by Crippen LogP contribution is -2.28. The van der Waals surface area contributed by atoms with Crippen molar-refractivity contribution >= 4 is 11.8 Å². The highest BCUT2D eigenvalue weighted by atomic mass is 16.3. The molecule has 0 aliphatic rings. The van der Waals surface area contributed by atoms with Crippen LogP contribution in [0.25, 0.3) is 0 Å². The van der Waals surface area contributed by atoms with Crippen molar-refractivity contribution in [1.82, 2.24) is 10.6 Å². The van der Waals surface area contributed by atoms with Crippen LogP contribution in [0.4, 0.5) is 0 Å². The quantitative estimate of drug-likeness (QED) is 0.409. The van der Waals surface area contributed by atoms with Crippen LogP contribution in [-0.2, 0) is 9.59 Å². The van der Waals surface area contributed by atoms with Crippen molar-refractivity contribution in [3.05, 3.63) is 49.6 Å². The van der Waals surface area contributed by atoms with Gasteiger partial charge in [-0.3, -0.25) is 9.59 Å². The second-order valence-electron chi connectivity index (χ2n) is 4.27. The Labute approximate surface area is 119 Å². The molecular weight excluding hydrogens is 256 g/mol. The Bertz CT molecular complexity index is 375. The van der Waals surface area contributed by atoms with Gasteiger partial charge in [0.15, 0.2) is 0 Å². The second kappa shape index (κ2) is 9.75. The van der Waals surface area contributed by atoms with E-state index in [-0.39, 0.29) is 35.8 Å². The van der Waals surface area contributed by atoms with Gasteiger partial charge in [-0.15, -0.1) is 13.2 Å². The zero-order valence-electron chi connectivity index (χ0n) is 11.7. The van der Waals surface area contributed by atoms with E-state index < -0.39 is 6.10 Å². The first-order valence-electron chi connectivity index (χ1n) is 6.24. The van der Waals surface area contributed by atoms with E-state index in [0.717, 1.165) is 0 Å². The fraction of sp³-hybridized carbons (Fsp3) is 0.333. The maximum Gasteiger partial charge on any atom is 0.246 e. The topological polar surface area (TPSA) is 78.4 Å². The summed E-state index contributed by atoms with van der Waals surface area (Å²) in [6.45, 7) is 14.8. The summed E-state index contributed by atoms with van der Waals surface area (Å²) in [5.41, 5.74) is 0.497. The first-order valence-corrected chi connectivity index (χ1v) is 6.24. The highest BCUT2D eigenvalue weighted by molar-refractivity contribution is 5.93. The lowest BCUT2D eigenvalue weighted by atomic mass is 10.0. The minimum absolute atomic E-state index is 0.0801. The monoisotopic (exact) mass is 278 g/mol. The zero-order valence-corrected chi connectivity index (χ0v) is 11.7. The van der Waals surface area contributed by atoms with Crippen LogP contribution in [-0.4, -0.2) is 36.1 Å². The van der Waals surface area contributed by atoms with Gasteiger partial charge in [0.25, 0.3) is 0 Å². The molecule has 0 atom stereocenters. The molecule has 3 N–H and O–H groups in total. The molecule has 0 unspecified atom stereocenters. The fourth-order valence-electron chi connectivity index (χ4n) is 1.41. The van der Waals surface area contributed by atoms with Crippen LogP contribution in [0.1, 0.15) is 12.8 Å². The SMILES string of the molecule is C=CCNC(=O)C(=C)CC(O)CC(=C)C(=O)NCC=C. The van der Waals surface area contributed by atoms with E-state index in [1.54, 1.807) is 12.2 Å². The third-order valence-corrected chi connectivity index (χ3v) is 2.42. The highest BCUT2D eigenvalue weighted by Gasteiger charge is 2.16. The number of carbonyl (C=O) groups excluding carboxylic acids is 2. The van der Waals surface area contributed by atoms with Gasteiger partial charge >= 0.3 is 0 Å². The Morgan fingerprint density at radius 2 is 1.30 bits per heavy atom. The molecule has 0 saturated carbocycles. The summed E-state index contributed by atoms with van der Waals surface area (Å²) in [4.78, 5) is 23.0. The van der Waals surface area contributed by atoms with Crippen molar-refractivity contribution in [3.8, 4) is 0 Å². The Morgan fingerprint density at radius 3 is 1.60 bits per heavy atom. The normalized spacial score (nSPS) is 9.70. The third-order valence-electron chi connectivity index (χ3n) is 2.42. The van der Waals surface area contributed by atoms with Crippen molar-refractivity contribution in [2.45, 2.75) is 18.9 Å². The largest absolute Gasteiger partial charge is 0.392 e. The van der Waals surface area contributed by atoms with Crippen LogP contribution in [0.3, 0.4) is 0 Å². The van der Waals surface area contributed by atoms with Crippen LogP contribution in [0.5, 0.6) is 0 Å². The molecule has 0 saturated heterocycles. The number of rotatable bonds is 10. The molecule has 20 heavy (non-hydrogen) atoms. The molecule has 5 heteroatoms. The average Bonchev–Trinajstić information content (AvgIpc) is 2.41. The molecule has 0 fully saturated rings. The second-order valence-corrected chi connectivity index (χ2v) is 4.27. The van der Waals surface area contributed by atoms with E-state index >= 15 is 0 Å². The number of nitrogens with one attached hydrogen (secondary N) is 2. The summed E-state index contributed by atoms with van der Waals surface area (Å²) in [6, 6.07) is 0. The van der Waals surface area contributed by atoms with E-state index in [2.05, 4.69) is 36.9 Å². The molecule has 0 spiro atoms. The first kappa shape index (κ1) is 17.9. The number of hydrogen-bond acceptors (Lipinski definition) is 3. The Morgan fingerprint density at radius 1 is 0.950 bits per heavy atom. The number of hydrogen-bond donors (Lipinski definition) is 3. The average molecular weight is 278 g/mol. The molecule has 0 aromatic rings. The molecule has 0 bridgehead atoms. The van der Waals surface area contributed by atoms with Crippen molar-refractivity contribution in [2.24, 2.45) is 0 Å². The summed E-state index contributed by atoms with van der Waals surface area (Å²) >= 11 is 0. The van der Waals surface area contributed by atoms with E-state index in [9.17, 15) is 14.7 Å². The smallest absolute Gasteiger partial charge is 0.246 e. The minimum Gasteiger partial charge on any atom is -0.392 e. The van der Waals surface area contributed by atoms with Crippen LogP contribution in [0.2, 0.25) is 0 Å². The molecule has 0 heterocycles. The first-order chi connectivity index (χ1) is 9.42. The fourth-order valence-corrected chi connectivity index (χ4v) is 1.41. The molecule has 2 amide bonds. The van der Waals surface area contributed by atoms with Crippen LogP contribution in [0.15, 0.2) is 49.6 Å². The molecule has 0 aromatic heterocycles. The van der Waals surface area contributed by atoms with Crippen molar-refractivity contribution in [2.75, 3.05) is 13.1 Å². The molecule has 0 aliphatic carbocycles. The van der Waals surface area contributed by atoms with Gasteiger partial charge < -0.3 is 15.7 Å². The van der Waals surface area contributed by atoms with E-state index in [1.165, 1.54) is 0 Å². The van der Waals surface area contributed by atoms with Gasteiger partial charge in [-0.1, -0.05) is 25.3 Å². The molecule has 0 aliphatic heterocycles. The van der Waals surface area contributed by atoms with Gasteiger partial charge in [-0.2, -0.15) is 0 Å². The standard InChI is InChI=1S/C15H22N2O3/c1-5-7-16-14(19)11(3)9-13(18)10-12(4)15(20)17-8-6-2/h5-6,13,18H,1-4,7-10H2,(H,16,19)(H,17,20). The lowest BCUT2D eigenvalue weighted by molar-refractivity contribution is -0.118. The van der Waals surface area contributed by atoms with E-state index in [4.69, 9.17) is 0 Å². The molecule has 0 aromatic carbocycles. The lowest BCUT2D eigenvalue weighted by Gasteiger charge is -2.13. The predicted octanol–water partition coefficient (Wildman–Crippen LogP) is 0.844. The number of aliphatic hydroxyl groups is 1. The molecule has 0 rings (SSSR count). The summed E-state index contributed by atoms with van der Waals surface area (Å²) < 4.78 is 0. The van der Waals surface area contributed by atoms with Gasteiger partial charge in [-0.05, 0) is 0 Å². The zero-order chi connectivity index (χ0) is 15.5.